The topological polar surface area (TPSA) is 29.5 Å². The molecule has 2 fully saturated rings. The molecule has 19 heavy (non-hydrogen) atoms. The van der Waals surface area contributed by atoms with Crippen LogP contribution in [-0.2, 0) is 11.3 Å². The number of nitrogens with zero attached hydrogens (tertiary/aromatic N) is 1. The van der Waals surface area contributed by atoms with Crippen LogP contribution in [0.1, 0.15) is 24.8 Å². The van der Waals surface area contributed by atoms with Gasteiger partial charge in [-0.15, -0.1) is 0 Å². The first-order valence-electron chi connectivity index (χ1n) is 6.84. The van der Waals surface area contributed by atoms with Gasteiger partial charge in [0.1, 0.15) is 6.61 Å². The smallest absolute Gasteiger partial charge is 0.410 e. The van der Waals surface area contributed by atoms with Crippen LogP contribution in [0.5, 0.6) is 0 Å². The summed E-state index contributed by atoms with van der Waals surface area (Å²) in [5.41, 5.74) is 1.04. The van der Waals surface area contributed by atoms with Gasteiger partial charge in [-0.2, -0.15) is 0 Å². The van der Waals surface area contributed by atoms with Crippen LogP contribution >= 0.6 is 15.9 Å². The van der Waals surface area contributed by atoms with E-state index in [-0.39, 0.29) is 6.09 Å². The number of halogens is 1. The molecular formula is C15H18BrNO2. The van der Waals surface area contributed by atoms with Crippen LogP contribution in [-0.4, -0.2) is 28.4 Å². The molecule has 0 spiro atoms. The van der Waals surface area contributed by atoms with Crippen molar-refractivity contribution in [3.05, 3.63) is 35.9 Å². The lowest BCUT2D eigenvalue weighted by Gasteiger charge is -2.23. The Balaban J connectivity index is 1.59. The zero-order valence-corrected chi connectivity index (χ0v) is 12.4. The number of rotatable bonds is 3. The maximum Gasteiger partial charge on any atom is 0.410 e. The Kier molecular flexibility index (Phi) is 3.78. The van der Waals surface area contributed by atoms with E-state index in [2.05, 4.69) is 15.9 Å². The minimum absolute atomic E-state index is 0.139. The van der Waals surface area contributed by atoms with Crippen molar-refractivity contribution in [2.24, 2.45) is 5.92 Å². The molecule has 102 valence electrons. The summed E-state index contributed by atoms with van der Waals surface area (Å²) in [7, 11) is 0. The van der Waals surface area contributed by atoms with E-state index < -0.39 is 0 Å². The second-order valence-corrected chi connectivity index (χ2v) is 6.04. The minimum Gasteiger partial charge on any atom is -0.445 e. The number of amides is 1. The van der Waals surface area contributed by atoms with E-state index in [1.54, 1.807) is 0 Å². The normalized spacial score (nSPS) is 28.7. The summed E-state index contributed by atoms with van der Waals surface area (Å²) in [5.74, 6) is 0.600. The molecule has 0 aliphatic carbocycles. The molecule has 1 amide bonds. The Morgan fingerprint density at radius 3 is 2.79 bits per heavy atom. The predicted molar refractivity (Wildman–Crippen MR) is 77.2 cm³/mol. The van der Waals surface area contributed by atoms with Crippen molar-refractivity contribution in [2.45, 2.75) is 38.0 Å². The van der Waals surface area contributed by atoms with Crippen molar-refractivity contribution in [3.63, 3.8) is 0 Å². The van der Waals surface area contributed by atoms with Crippen LogP contribution in [0.15, 0.2) is 30.3 Å². The van der Waals surface area contributed by atoms with E-state index in [0.717, 1.165) is 30.2 Å². The number of alkyl halides is 1. The quantitative estimate of drug-likeness (QED) is 0.796. The molecule has 3 rings (SSSR count). The minimum atomic E-state index is -0.139. The Morgan fingerprint density at radius 2 is 2.11 bits per heavy atom. The molecule has 0 N–H and O–H groups in total. The third kappa shape index (κ3) is 2.50. The first kappa shape index (κ1) is 13.0. The second kappa shape index (κ2) is 5.53. The standard InChI is InChI=1S/C15H18BrNO2/c16-9-12-8-13-6-7-14(12)17(13)15(18)19-10-11-4-2-1-3-5-11/h1-5,12-14H,6-10H2/t12-,13+,14-/m0/s1. The summed E-state index contributed by atoms with van der Waals surface area (Å²) < 4.78 is 5.46. The summed E-state index contributed by atoms with van der Waals surface area (Å²) in [6, 6.07) is 10.6. The highest BCUT2D eigenvalue weighted by Gasteiger charge is 2.48. The molecule has 2 aliphatic rings. The number of benzene rings is 1. The van der Waals surface area contributed by atoms with Gasteiger partial charge in [-0.1, -0.05) is 46.3 Å². The van der Waals surface area contributed by atoms with Gasteiger partial charge in [0.25, 0.3) is 0 Å². The fourth-order valence-corrected chi connectivity index (χ4v) is 4.05. The van der Waals surface area contributed by atoms with Gasteiger partial charge in [0, 0.05) is 17.4 Å². The van der Waals surface area contributed by atoms with Crippen molar-refractivity contribution in [2.75, 3.05) is 5.33 Å². The van der Waals surface area contributed by atoms with Gasteiger partial charge >= 0.3 is 6.09 Å². The number of hydrogen-bond acceptors (Lipinski definition) is 2. The van der Waals surface area contributed by atoms with Gasteiger partial charge in [0.2, 0.25) is 0 Å². The van der Waals surface area contributed by atoms with Gasteiger partial charge in [0.15, 0.2) is 0 Å². The lowest BCUT2D eigenvalue weighted by Crippen LogP contribution is -2.37. The third-order valence-electron chi connectivity index (χ3n) is 4.28. The molecule has 0 unspecified atom stereocenters. The van der Waals surface area contributed by atoms with Gasteiger partial charge in [-0.25, -0.2) is 4.79 Å². The van der Waals surface area contributed by atoms with Crippen LogP contribution < -0.4 is 0 Å². The van der Waals surface area contributed by atoms with E-state index in [9.17, 15) is 4.79 Å². The fourth-order valence-electron chi connectivity index (χ4n) is 3.36. The highest BCUT2D eigenvalue weighted by Crippen LogP contribution is 2.42. The van der Waals surface area contributed by atoms with Crippen molar-refractivity contribution in [1.82, 2.24) is 4.90 Å². The third-order valence-corrected chi connectivity index (χ3v) is 5.11. The Morgan fingerprint density at radius 1 is 1.32 bits per heavy atom. The predicted octanol–water partition coefficient (Wildman–Crippen LogP) is 3.57. The van der Waals surface area contributed by atoms with Crippen LogP contribution in [0.25, 0.3) is 0 Å². The molecule has 3 nitrogen and oxygen atoms in total. The maximum atomic E-state index is 12.2. The molecular weight excluding hydrogens is 306 g/mol. The highest BCUT2D eigenvalue weighted by atomic mass is 79.9. The molecule has 1 aromatic rings. The van der Waals surface area contributed by atoms with E-state index in [1.165, 1.54) is 0 Å². The molecule has 0 radical (unpaired) electrons. The van der Waals surface area contributed by atoms with Crippen molar-refractivity contribution < 1.29 is 9.53 Å². The molecule has 2 heterocycles. The van der Waals surface area contributed by atoms with E-state index in [4.69, 9.17) is 4.74 Å². The lowest BCUT2D eigenvalue weighted by molar-refractivity contribution is 0.0891. The van der Waals surface area contributed by atoms with E-state index in [1.807, 2.05) is 35.2 Å². The molecule has 2 aliphatic heterocycles. The monoisotopic (exact) mass is 323 g/mol. The summed E-state index contributed by atoms with van der Waals surface area (Å²) in [5, 5.41) is 0.983. The molecule has 0 saturated carbocycles. The SMILES string of the molecule is O=C(OCc1ccccc1)N1[C@@H]2CC[C@H]1[C@H](CBr)C2. The van der Waals surface area contributed by atoms with E-state index in [0.29, 0.717) is 24.6 Å². The van der Waals surface area contributed by atoms with Gasteiger partial charge in [-0.3, -0.25) is 0 Å². The van der Waals surface area contributed by atoms with E-state index >= 15 is 0 Å². The largest absolute Gasteiger partial charge is 0.445 e. The number of hydrogen-bond donors (Lipinski definition) is 0. The van der Waals surface area contributed by atoms with Crippen molar-refractivity contribution >= 4 is 22.0 Å². The lowest BCUT2D eigenvalue weighted by atomic mass is 9.91. The molecule has 2 saturated heterocycles. The van der Waals surface area contributed by atoms with Crippen molar-refractivity contribution in [3.8, 4) is 0 Å². The van der Waals surface area contributed by atoms with Crippen LogP contribution in [0.2, 0.25) is 0 Å². The second-order valence-electron chi connectivity index (χ2n) is 5.40. The Bertz CT molecular complexity index is 451. The maximum absolute atomic E-state index is 12.2. The zero-order chi connectivity index (χ0) is 13.2. The average molecular weight is 324 g/mol. The highest BCUT2D eigenvalue weighted by molar-refractivity contribution is 9.09. The molecule has 1 aromatic carbocycles. The summed E-state index contributed by atoms with van der Waals surface area (Å²) in [6.07, 6.45) is 3.24. The Labute approximate surface area is 122 Å². The van der Waals surface area contributed by atoms with Crippen LogP contribution in [0, 0.1) is 5.92 Å². The summed E-state index contributed by atoms with van der Waals surface area (Å²) in [4.78, 5) is 14.2. The number of ether oxygens (including phenoxy) is 1. The van der Waals surface area contributed by atoms with Crippen LogP contribution in [0.3, 0.4) is 0 Å². The molecule has 2 bridgehead atoms. The first-order valence-corrected chi connectivity index (χ1v) is 7.96. The average Bonchev–Trinajstić information content (AvgIpc) is 3.03. The number of fused-ring (bicyclic) bond motifs is 2. The number of carbonyl (C=O) groups excluding carboxylic acids is 1. The first-order chi connectivity index (χ1) is 9.29. The summed E-state index contributed by atoms with van der Waals surface area (Å²) >= 11 is 3.55. The van der Waals surface area contributed by atoms with Gasteiger partial charge in [-0.05, 0) is 30.7 Å². The van der Waals surface area contributed by atoms with Crippen LogP contribution in [0.4, 0.5) is 4.79 Å². The summed E-state index contributed by atoms with van der Waals surface area (Å²) in [6.45, 7) is 0.370. The Hall–Kier alpha value is -1.03. The fraction of sp³-hybridized carbons (Fsp3) is 0.533. The van der Waals surface area contributed by atoms with Crippen molar-refractivity contribution in [1.29, 1.82) is 0 Å². The number of carbonyl (C=O) groups is 1. The molecule has 0 aromatic heterocycles. The molecule has 4 heteroatoms. The molecule has 3 atom stereocenters. The van der Waals surface area contributed by atoms with Gasteiger partial charge < -0.3 is 9.64 Å². The van der Waals surface area contributed by atoms with Gasteiger partial charge in [0.05, 0.1) is 0 Å². The zero-order valence-electron chi connectivity index (χ0n) is 10.8.